The van der Waals surface area contributed by atoms with Crippen LogP contribution in [-0.4, -0.2) is 74.7 Å². The summed E-state index contributed by atoms with van der Waals surface area (Å²) in [5.41, 5.74) is 0. The maximum Gasteiger partial charge on any atom is 0.307 e. The van der Waals surface area contributed by atoms with Gasteiger partial charge in [-0.2, -0.15) is 0 Å². The van der Waals surface area contributed by atoms with Gasteiger partial charge in [0.15, 0.2) is 0 Å². The lowest BCUT2D eigenvalue weighted by Crippen LogP contribution is -2.42. The Hall–Kier alpha value is -1.14. The molecule has 0 spiro atoms. The van der Waals surface area contributed by atoms with Gasteiger partial charge in [0.1, 0.15) is 0 Å². The minimum absolute atomic E-state index is 0.0988. The van der Waals surface area contributed by atoms with E-state index in [0.717, 1.165) is 51.7 Å². The van der Waals surface area contributed by atoms with Crippen LogP contribution >= 0.6 is 0 Å². The Bertz CT molecular complexity index is 395. The summed E-state index contributed by atoms with van der Waals surface area (Å²) in [7, 11) is 4.27. The molecule has 0 N–H and O–H groups in total. The van der Waals surface area contributed by atoms with Crippen molar-refractivity contribution in [3.05, 3.63) is 0 Å². The SMILES string of the molecule is CCCC(=O)OCCCCCCOC(=O)CCN(C)C1CCN(C)CC1. The van der Waals surface area contributed by atoms with Gasteiger partial charge >= 0.3 is 11.9 Å². The molecule has 6 nitrogen and oxygen atoms in total. The Morgan fingerprint density at radius 1 is 0.962 bits per heavy atom. The number of likely N-dealkylation sites (tertiary alicyclic amines) is 1. The number of unbranched alkanes of at least 4 members (excludes halogenated alkanes) is 3. The monoisotopic (exact) mass is 370 g/mol. The molecule has 6 heteroatoms. The predicted octanol–water partition coefficient (Wildman–Crippen LogP) is 2.85. The van der Waals surface area contributed by atoms with Crippen LogP contribution in [0.5, 0.6) is 0 Å². The van der Waals surface area contributed by atoms with Gasteiger partial charge in [-0.1, -0.05) is 6.92 Å². The average molecular weight is 371 g/mol. The molecule has 152 valence electrons. The van der Waals surface area contributed by atoms with Crippen molar-refractivity contribution in [1.82, 2.24) is 9.80 Å². The molecule has 0 saturated carbocycles. The molecular weight excluding hydrogens is 332 g/mol. The highest BCUT2D eigenvalue weighted by molar-refractivity contribution is 5.69. The molecule has 1 fully saturated rings. The van der Waals surface area contributed by atoms with Crippen LogP contribution in [0.25, 0.3) is 0 Å². The standard InChI is InChI=1S/C20H38N2O4/c1-4-9-19(23)25-16-7-5-6-8-17-26-20(24)12-15-22(3)18-10-13-21(2)14-11-18/h18H,4-17H2,1-3H3. The zero-order valence-electron chi connectivity index (χ0n) is 17.0. The van der Waals surface area contributed by atoms with Crippen molar-refractivity contribution >= 4 is 11.9 Å². The maximum absolute atomic E-state index is 11.8. The zero-order chi connectivity index (χ0) is 19.2. The molecule has 0 atom stereocenters. The van der Waals surface area contributed by atoms with Crippen LogP contribution in [-0.2, 0) is 19.1 Å². The number of rotatable bonds is 13. The van der Waals surface area contributed by atoms with Crippen molar-refractivity contribution in [1.29, 1.82) is 0 Å². The summed E-state index contributed by atoms with van der Waals surface area (Å²) in [6.45, 7) is 6.01. The molecule has 0 aromatic rings. The summed E-state index contributed by atoms with van der Waals surface area (Å²) in [6, 6.07) is 0.588. The molecule has 1 heterocycles. The van der Waals surface area contributed by atoms with Crippen LogP contribution in [0.2, 0.25) is 0 Å². The summed E-state index contributed by atoms with van der Waals surface area (Å²) in [5, 5.41) is 0. The van der Waals surface area contributed by atoms with Gasteiger partial charge in [-0.05, 0) is 72.1 Å². The third-order valence-corrected chi connectivity index (χ3v) is 5.00. The van der Waals surface area contributed by atoms with Crippen LogP contribution in [0.3, 0.4) is 0 Å². The van der Waals surface area contributed by atoms with Gasteiger partial charge in [-0.3, -0.25) is 9.59 Å². The molecule has 1 rings (SSSR count). The lowest BCUT2D eigenvalue weighted by molar-refractivity contribution is -0.145. The molecule has 0 bridgehead atoms. The molecule has 26 heavy (non-hydrogen) atoms. The van der Waals surface area contributed by atoms with E-state index in [1.54, 1.807) is 0 Å². The number of piperidine rings is 1. The molecule has 0 unspecified atom stereocenters. The van der Waals surface area contributed by atoms with E-state index < -0.39 is 0 Å². The van der Waals surface area contributed by atoms with Gasteiger partial charge in [-0.15, -0.1) is 0 Å². The number of carbonyl (C=O) groups is 2. The fraction of sp³-hybridized carbons (Fsp3) is 0.900. The van der Waals surface area contributed by atoms with E-state index in [9.17, 15) is 9.59 Å². The van der Waals surface area contributed by atoms with Crippen molar-refractivity contribution in [3.63, 3.8) is 0 Å². The Morgan fingerprint density at radius 2 is 1.50 bits per heavy atom. The lowest BCUT2D eigenvalue weighted by Gasteiger charge is -2.34. The van der Waals surface area contributed by atoms with E-state index in [4.69, 9.17) is 9.47 Å². The largest absolute Gasteiger partial charge is 0.466 e. The van der Waals surface area contributed by atoms with Crippen LogP contribution < -0.4 is 0 Å². The molecular formula is C20H38N2O4. The van der Waals surface area contributed by atoms with E-state index in [1.807, 2.05) is 6.92 Å². The van der Waals surface area contributed by atoms with Crippen molar-refractivity contribution in [2.24, 2.45) is 0 Å². The van der Waals surface area contributed by atoms with Crippen LogP contribution in [0.1, 0.15) is 64.7 Å². The third-order valence-electron chi connectivity index (χ3n) is 5.00. The van der Waals surface area contributed by atoms with Gasteiger partial charge in [0.2, 0.25) is 0 Å². The first-order valence-corrected chi connectivity index (χ1v) is 10.2. The lowest BCUT2D eigenvalue weighted by atomic mass is 10.0. The minimum atomic E-state index is -0.105. The summed E-state index contributed by atoms with van der Waals surface area (Å²) in [6.07, 6.45) is 7.90. The molecule has 0 radical (unpaired) electrons. The topological polar surface area (TPSA) is 59.1 Å². The second-order valence-electron chi connectivity index (χ2n) is 7.37. The van der Waals surface area contributed by atoms with Gasteiger partial charge in [0, 0.05) is 19.0 Å². The van der Waals surface area contributed by atoms with Crippen molar-refractivity contribution in [2.75, 3.05) is 46.9 Å². The van der Waals surface area contributed by atoms with Crippen molar-refractivity contribution in [3.8, 4) is 0 Å². The van der Waals surface area contributed by atoms with E-state index in [2.05, 4.69) is 23.9 Å². The first-order chi connectivity index (χ1) is 12.5. The molecule has 0 amide bonds. The Labute approximate surface area is 159 Å². The van der Waals surface area contributed by atoms with E-state index in [1.165, 1.54) is 12.8 Å². The Kier molecular flexibility index (Phi) is 12.3. The Balaban J connectivity index is 1.93. The summed E-state index contributed by atoms with van der Waals surface area (Å²) in [5.74, 6) is -0.204. The normalized spacial score (nSPS) is 16.0. The first kappa shape index (κ1) is 22.9. The fourth-order valence-electron chi connectivity index (χ4n) is 3.16. The quantitative estimate of drug-likeness (QED) is 0.367. The highest BCUT2D eigenvalue weighted by Crippen LogP contribution is 2.14. The second kappa shape index (κ2) is 14.0. The molecule has 0 aromatic heterocycles. The molecule has 1 saturated heterocycles. The number of ether oxygens (including phenoxy) is 2. The van der Waals surface area contributed by atoms with Crippen LogP contribution in [0, 0.1) is 0 Å². The second-order valence-corrected chi connectivity index (χ2v) is 7.37. The summed E-state index contributed by atoms with van der Waals surface area (Å²) >= 11 is 0. The van der Waals surface area contributed by atoms with E-state index in [-0.39, 0.29) is 11.9 Å². The van der Waals surface area contributed by atoms with Crippen LogP contribution in [0.15, 0.2) is 0 Å². The van der Waals surface area contributed by atoms with E-state index in [0.29, 0.717) is 32.1 Å². The van der Waals surface area contributed by atoms with Crippen molar-refractivity contribution < 1.29 is 19.1 Å². The number of hydrogen-bond acceptors (Lipinski definition) is 6. The van der Waals surface area contributed by atoms with Gasteiger partial charge < -0.3 is 19.3 Å². The van der Waals surface area contributed by atoms with Crippen LogP contribution in [0.4, 0.5) is 0 Å². The van der Waals surface area contributed by atoms with E-state index >= 15 is 0 Å². The third kappa shape index (κ3) is 10.8. The number of carbonyl (C=O) groups excluding carboxylic acids is 2. The molecule has 1 aliphatic rings. The minimum Gasteiger partial charge on any atom is -0.466 e. The smallest absolute Gasteiger partial charge is 0.307 e. The average Bonchev–Trinajstić information content (AvgIpc) is 2.62. The van der Waals surface area contributed by atoms with Gasteiger partial charge in [0.25, 0.3) is 0 Å². The highest BCUT2D eigenvalue weighted by Gasteiger charge is 2.20. The predicted molar refractivity (Wildman–Crippen MR) is 103 cm³/mol. The highest BCUT2D eigenvalue weighted by atomic mass is 16.5. The Morgan fingerprint density at radius 3 is 2.04 bits per heavy atom. The zero-order valence-corrected chi connectivity index (χ0v) is 17.0. The fourth-order valence-corrected chi connectivity index (χ4v) is 3.16. The number of hydrogen-bond donors (Lipinski definition) is 0. The van der Waals surface area contributed by atoms with Gasteiger partial charge in [-0.25, -0.2) is 0 Å². The van der Waals surface area contributed by atoms with Gasteiger partial charge in [0.05, 0.1) is 19.6 Å². The number of esters is 2. The molecule has 1 aliphatic heterocycles. The number of nitrogens with zero attached hydrogens (tertiary/aromatic N) is 2. The maximum atomic E-state index is 11.8. The van der Waals surface area contributed by atoms with Crippen molar-refractivity contribution in [2.45, 2.75) is 70.8 Å². The first-order valence-electron chi connectivity index (χ1n) is 10.2. The summed E-state index contributed by atoms with van der Waals surface area (Å²) < 4.78 is 10.4. The molecule has 0 aliphatic carbocycles. The summed E-state index contributed by atoms with van der Waals surface area (Å²) in [4.78, 5) is 27.7. The molecule has 0 aromatic carbocycles.